The van der Waals surface area contributed by atoms with Gasteiger partial charge in [-0.1, -0.05) is 32.0 Å². The van der Waals surface area contributed by atoms with Gasteiger partial charge in [-0.15, -0.1) is 0 Å². The molecule has 1 aromatic carbocycles. The van der Waals surface area contributed by atoms with Crippen LogP contribution in [0.4, 0.5) is 0 Å². The van der Waals surface area contributed by atoms with Crippen molar-refractivity contribution in [3.63, 3.8) is 0 Å². The quantitative estimate of drug-likeness (QED) is 0.849. The van der Waals surface area contributed by atoms with Gasteiger partial charge in [0.15, 0.2) is 0 Å². The summed E-state index contributed by atoms with van der Waals surface area (Å²) in [6, 6.07) is 7.76. The third-order valence-electron chi connectivity index (χ3n) is 5.03. The molecular formula is C17H25N. The molecule has 98 valence electrons. The molecule has 0 amide bonds. The van der Waals surface area contributed by atoms with E-state index in [-0.39, 0.29) is 0 Å². The molecule has 18 heavy (non-hydrogen) atoms. The standard InChI is InChI=1S/C17H25N/c1-17(2)11-15(17)16(18-3)14-9-8-12-6-4-5-7-13(12)10-14/h8-10,15-16,18H,4-7,11H2,1-3H3. The molecule has 0 aliphatic heterocycles. The summed E-state index contributed by atoms with van der Waals surface area (Å²) in [7, 11) is 2.11. The highest BCUT2D eigenvalue weighted by Crippen LogP contribution is 2.57. The van der Waals surface area contributed by atoms with Gasteiger partial charge in [0.2, 0.25) is 0 Å². The van der Waals surface area contributed by atoms with Crippen molar-refractivity contribution in [3.8, 4) is 0 Å². The topological polar surface area (TPSA) is 12.0 Å². The maximum absolute atomic E-state index is 3.54. The molecule has 0 heterocycles. The van der Waals surface area contributed by atoms with Gasteiger partial charge in [-0.05, 0) is 67.2 Å². The van der Waals surface area contributed by atoms with Crippen molar-refractivity contribution in [2.24, 2.45) is 11.3 Å². The lowest BCUT2D eigenvalue weighted by atomic mass is 9.87. The van der Waals surface area contributed by atoms with Crippen LogP contribution in [0, 0.1) is 11.3 Å². The highest BCUT2D eigenvalue weighted by atomic mass is 14.9. The predicted molar refractivity (Wildman–Crippen MR) is 76.8 cm³/mol. The first-order valence-electron chi connectivity index (χ1n) is 7.41. The van der Waals surface area contributed by atoms with E-state index in [9.17, 15) is 0 Å². The third-order valence-corrected chi connectivity index (χ3v) is 5.03. The van der Waals surface area contributed by atoms with Crippen molar-refractivity contribution >= 4 is 0 Å². The number of aryl methyl sites for hydroxylation is 2. The van der Waals surface area contributed by atoms with E-state index in [1.807, 2.05) is 0 Å². The average Bonchev–Trinajstić information content (AvgIpc) is 2.99. The summed E-state index contributed by atoms with van der Waals surface area (Å²) in [6.45, 7) is 4.78. The van der Waals surface area contributed by atoms with Crippen LogP contribution in [0.5, 0.6) is 0 Å². The molecule has 0 bridgehead atoms. The van der Waals surface area contributed by atoms with E-state index in [0.717, 1.165) is 5.92 Å². The van der Waals surface area contributed by atoms with Gasteiger partial charge in [0, 0.05) is 6.04 Å². The molecule has 2 atom stereocenters. The van der Waals surface area contributed by atoms with Crippen molar-refractivity contribution in [2.75, 3.05) is 7.05 Å². The highest BCUT2D eigenvalue weighted by molar-refractivity contribution is 5.36. The summed E-state index contributed by atoms with van der Waals surface area (Å²) < 4.78 is 0. The fourth-order valence-electron chi connectivity index (χ4n) is 3.62. The normalized spacial score (nSPS) is 26.5. The number of hydrogen-bond donors (Lipinski definition) is 1. The van der Waals surface area contributed by atoms with Gasteiger partial charge in [0.05, 0.1) is 0 Å². The Kier molecular flexibility index (Phi) is 2.97. The zero-order chi connectivity index (χ0) is 12.8. The Morgan fingerprint density at radius 1 is 1.17 bits per heavy atom. The number of fused-ring (bicyclic) bond motifs is 1. The zero-order valence-corrected chi connectivity index (χ0v) is 11.9. The van der Waals surface area contributed by atoms with Gasteiger partial charge in [-0.2, -0.15) is 0 Å². The first-order chi connectivity index (χ1) is 8.62. The lowest BCUT2D eigenvalue weighted by molar-refractivity contribution is 0.440. The van der Waals surface area contributed by atoms with Gasteiger partial charge in [0.25, 0.3) is 0 Å². The maximum atomic E-state index is 3.54. The van der Waals surface area contributed by atoms with Gasteiger partial charge in [-0.25, -0.2) is 0 Å². The van der Waals surface area contributed by atoms with E-state index in [0.29, 0.717) is 11.5 Å². The van der Waals surface area contributed by atoms with Crippen LogP contribution in [0.25, 0.3) is 0 Å². The van der Waals surface area contributed by atoms with E-state index in [4.69, 9.17) is 0 Å². The van der Waals surface area contributed by atoms with Crippen LogP contribution in [0.2, 0.25) is 0 Å². The molecule has 1 N–H and O–H groups in total. The second kappa shape index (κ2) is 4.38. The first-order valence-corrected chi connectivity index (χ1v) is 7.41. The molecule has 2 aliphatic carbocycles. The van der Waals surface area contributed by atoms with E-state index in [2.05, 4.69) is 44.4 Å². The Balaban J connectivity index is 1.87. The highest BCUT2D eigenvalue weighted by Gasteiger charge is 2.50. The summed E-state index contributed by atoms with van der Waals surface area (Å²) in [5.41, 5.74) is 5.24. The molecule has 3 rings (SSSR count). The number of benzene rings is 1. The van der Waals surface area contributed by atoms with Gasteiger partial charge < -0.3 is 5.32 Å². The van der Waals surface area contributed by atoms with Crippen LogP contribution in [0.15, 0.2) is 18.2 Å². The van der Waals surface area contributed by atoms with Crippen LogP contribution in [-0.2, 0) is 12.8 Å². The molecule has 1 heteroatoms. The maximum Gasteiger partial charge on any atom is 0.0351 e. The molecule has 0 spiro atoms. The zero-order valence-electron chi connectivity index (χ0n) is 11.9. The smallest absolute Gasteiger partial charge is 0.0351 e. The minimum Gasteiger partial charge on any atom is -0.313 e. The van der Waals surface area contributed by atoms with Crippen molar-refractivity contribution in [3.05, 3.63) is 34.9 Å². The Morgan fingerprint density at radius 3 is 2.44 bits per heavy atom. The van der Waals surface area contributed by atoms with Gasteiger partial charge in [-0.3, -0.25) is 0 Å². The fraction of sp³-hybridized carbons (Fsp3) is 0.647. The SMILES string of the molecule is CNC(c1ccc2c(c1)CCCC2)C1CC1(C)C. The minimum atomic E-state index is 0.531. The van der Waals surface area contributed by atoms with Crippen molar-refractivity contribution < 1.29 is 0 Å². The molecule has 2 unspecified atom stereocenters. The molecule has 1 fully saturated rings. The molecular weight excluding hydrogens is 218 g/mol. The summed E-state index contributed by atoms with van der Waals surface area (Å²) >= 11 is 0. The Morgan fingerprint density at radius 2 is 1.83 bits per heavy atom. The summed E-state index contributed by atoms with van der Waals surface area (Å²) in [4.78, 5) is 0. The summed E-state index contributed by atoms with van der Waals surface area (Å²) in [5, 5.41) is 3.54. The van der Waals surface area contributed by atoms with Crippen molar-refractivity contribution in [1.29, 1.82) is 0 Å². The van der Waals surface area contributed by atoms with Crippen molar-refractivity contribution in [2.45, 2.75) is 52.0 Å². The van der Waals surface area contributed by atoms with Crippen LogP contribution in [0.3, 0.4) is 0 Å². The van der Waals surface area contributed by atoms with Crippen LogP contribution in [-0.4, -0.2) is 7.05 Å². The Hall–Kier alpha value is -0.820. The van der Waals surface area contributed by atoms with Crippen LogP contribution in [0.1, 0.15) is 55.8 Å². The average molecular weight is 243 g/mol. The molecule has 0 saturated heterocycles. The monoisotopic (exact) mass is 243 g/mol. The van der Waals surface area contributed by atoms with E-state index < -0.39 is 0 Å². The summed E-state index contributed by atoms with van der Waals surface area (Å²) in [5.74, 6) is 0.809. The van der Waals surface area contributed by atoms with Crippen LogP contribution < -0.4 is 5.32 Å². The lowest BCUT2D eigenvalue weighted by Gasteiger charge is -2.22. The van der Waals surface area contributed by atoms with Gasteiger partial charge >= 0.3 is 0 Å². The minimum absolute atomic E-state index is 0.531. The molecule has 1 aromatic rings. The van der Waals surface area contributed by atoms with Crippen molar-refractivity contribution in [1.82, 2.24) is 5.32 Å². The van der Waals surface area contributed by atoms with E-state index in [1.165, 1.54) is 37.7 Å². The third kappa shape index (κ3) is 2.09. The van der Waals surface area contributed by atoms with E-state index >= 15 is 0 Å². The number of hydrogen-bond acceptors (Lipinski definition) is 1. The lowest BCUT2D eigenvalue weighted by Crippen LogP contribution is -2.21. The summed E-state index contributed by atoms with van der Waals surface area (Å²) in [6.07, 6.45) is 6.67. The largest absolute Gasteiger partial charge is 0.313 e. The molecule has 2 aliphatic rings. The van der Waals surface area contributed by atoms with Crippen LogP contribution >= 0.6 is 0 Å². The number of rotatable bonds is 3. The first kappa shape index (κ1) is 12.2. The Labute approximate surface area is 111 Å². The predicted octanol–water partition coefficient (Wildman–Crippen LogP) is 3.87. The second-order valence-corrected chi connectivity index (χ2v) is 6.80. The Bertz CT molecular complexity index is 447. The fourth-order valence-corrected chi connectivity index (χ4v) is 3.62. The van der Waals surface area contributed by atoms with E-state index in [1.54, 1.807) is 11.1 Å². The molecule has 0 radical (unpaired) electrons. The molecule has 1 saturated carbocycles. The second-order valence-electron chi connectivity index (χ2n) is 6.80. The van der Waals surface area contributed by atoms with Gasteiger partial charge in [0.1, 0.15) is 0 Å². The number of nitrogens with one attached hydrogen (secondary N) is 1. The molecule has 0 aromatic heterocycles. The molecule has 1 nitrogen and oxygen atoms in total.